The molecule has 0 unspecified atom stereocenters. The van der Waals surface area contributed by atoms with E-state index in [0.29, 0.717) is 6.04 Å². The van der Waals surface area contributed by atoms with Crippen LogP contribution in [0.3, 0.4) is 0 Å². The molecule has 2 heterocycles. The van der Waals surface area contributed by atoms with E-state index < -0.39 is 0 Å². The molecular weight excluding hydrogens is 306 g/mol. The maximum atomic E-state index is 12.9. The van der Waals surface area contributed by atoms with Gasteiger partial charge < -0.3 is 9.47 Å². The van der Waals surface area contributed by atoms with Gasteiger partial charge in [-0.05, 0) is 44.7 Å². The van der Waals surface area contributed by atoms with Crippen LogP contribution in [0, 0.1) is 0 Å². The Morgan fingerprint density at radius 2 is 2.17 bits per heavy atom. The van der Waals surface area contributed by atoms with Crippen molar-refractivity contribution < 1.29 is 4.79 Å². The predicted molar refractivity (Wildman–Crippen MR) is 95.7 cm³/mol. The highest BCUT2D eigenvalue weighted by atomic mass is 32.2. The molecule has 4 nitrogen and oxygen atoms in total. The Balaban J connectivity index is 1.75. The van der Waals surface area contributed by atoms with Gasteiger partial charge in [-0.2, -0.15) is 0 Å². The van der Waals surface area contributed by atoms with Crippen molar-refractivity contribution in [2.75, 3.05) is 6.54 Å². The average Bonchev–Trinajstić information content (AvgIpc) is 2.90. The lowest BCUT2D eigenvalue weighted by Crippen LogP contribution is -2.46. The van der Waals surface area contributed by atoms with Gasteiger partial charge in [0.1, 0.15) is 0 Å². The maximum Gasteiger partial charge on any atom is 0.236 e. The fourth-order valence-electron chi connectivity index (χ4n) is 3.39. The summed E-state index contributed by atoms with van der Waals surface area (Å²) in [4.78, 5) is 19.6. The van der Waals surface area contributed by atoms with Gasteiger partial charge in [0, 0.05) is 19.6 Å². The first-order valence-electron chi connectivity index (χ1n) is 8.50. The Morgan fingerprint density at radius 1 is 1.39 bits per heavy atom. The number of hydrogen-bond acceptors (Lipinski definition) is 3. The minimum absolute atomic E-state index is 0.0994. The largest absolute Gasteiger partial charge is 0.339 e. The molecule has 0 saturated carbocycles. The normalized spacial score (nSPS) is 20.0. The molecule has 23 heavy (non-hydrogen) atoms. The van der Waals surface area contributed by atoms with Gasteiger partial charge in [0.2, 0.25) is 5.91 Å². The van der Waals surface area contributed by atoms with E-state index in [9.17, 15) is 4.79 Å². The summed E-state index contributed by atoms with van der Waals surface area (Å²) in [6, 6.07) is 8.52. The third-order valence-corrected chi connectivity index (χ3v) is 5.89. The summed E-state index contributed by atoms with van der Waals surface area (Å²) in [6.07, 6.45) is 4.57. The summed E-state index contributed by atoms with van der Waals surface area (Å²) in [6.45, 7) is 5.10. The van der Waals surface area contributed by atoms with Crippen LogP contribution in [0.2, 0.25) is 0 Å². The topological polar surface area (TPSA) is 38.1 Å². The zero-order valence-electron chi connectivity index (χ0n) is 14.2. The molecule has 3 rings (SSSR count). The molecule has 1 aromatic heterocycles. The zero-order valence-corrected chi connectivity index (χ0v) is 15.0. The van der Waals surface area contributed by atoms with Gasteiger partial charge >= 0.3 is 0 Å². The number of hydrogen-bond donors (Lipinski definition) is 0. The first kappa shape index (κ1) is 16.4. The summed E-state index contributed by atoms with van der Waals surface area (Å²) in [5, 5.41) is 0.815. The molecule has 1 fully saturated rings. The van der Waals surface area contributed by atoms with E-state index >= 15 is 0 Å². The number of carbonyl (C=O) groups excluding carboxylic acids is 1. The summed E-state index contributed by atoms with van der Waals surface area (Å²) >= 11 is 1.57. The summed E-state index contributed by atoms with van der Waals surface area (Å²) in [5.41, 5.74) is 2.10. The van der Waals surface area contributed by atoms with Crippen LogP contribution in [0.25, 0.3) is 11.0 Å². The molecule has 0 bridgehead atoms. The molecule has 1 saturated heterocycles. The second kappa shape index (κ2) is 6.95. The van der Waals surface area contributed by atoms with Gasteiger partial charge in [0.25, 0.3) is 0 Å². The lowest BCUT2D eigenvalue weighted by Gasteiger charge is -2.36. The summed E-state index contributed by atoms with van der Waals surface area (Å²) in [7, 11) is 2.02. The van der Waals surface area contributed by atoms with E-state index in [1.54, 1.807) is 11.8 Å². The molecule has 0 aliphatic carbocycles. The van der Waals surface area contributed by atoms with Crippen LogP contribution in [0.5, 0.6) is 0 Å². The molecule has 2 atom stereocenters. The van der Waals surface area contributed by atoms with Crippen LogP contribution in [-0.2, 0) is 11.8 Å². The van der Waals surface area contributed by atoms with Gasteiger partial charge in [-0.15, -0.1) is 0 Å². The monoisotopic (exact) mass is 331 g/mol. The smallest absolute Gasteiger partial charge is 0.236 e. The first-order valence-corrected chi connectivity index (χ1v) is 9.38. The minimum atomic E-state index is -0.0994. The number of benzene rings is 1. The number of para-hydroxylation sites is 2. The van der Waals surface area contributed by atoms with E-state index in [4.69, 9.17) is 0 Å². The number of nitrogens with zero attached hydrogens (tertiary/aromatic N) is 3. The standard InChI is InChI=1S/C18H25N3OS/c1-4-14-9-7-8-12-21(14)17(22)13(2)23-18-19-15-10-5-6-11-16(15)20(18)3/h5-6,10-11,13-14H,4,7-9,12H2,1-3H3/t13-,14+/m0/s1. The zero-order chi connectivity index (χ0) is 16.4. The number of aromatic nitrogens is 2. The number of amides is 1. The highest BCUT2D eigenvalue weighted by Crippen LogP contribution is 2.29. The Bertz CT molecular complexity index is 697. The number of imidazole rings is 1. The third kappa shape index (κ3) is 3.25. The molecule has 0 spiro atoms. The van der Waals surface area contributed by atoms with Crippen molar-refractivity contribution in [1.82, 2.24) is 14.5 Å². The molecule has 1 aliphatic rings. The Kier molecular flexibility index (Phi) is 4.95. The lowest BCUT2D eigenvalue weighted by molar-refractivity contribution is -0.134. The minimum Gasteiger partial charge on any atom is -0.339 e. The van der Waals surface area contributed by atoms with Crippen molar-refractivity contribution in [3.05, 3.63) is 24.3 Å². The number of fused-ring (bicyclic) bond motifs is 1. The van der Waals surface area contributed by atoms with Crippen molar-refractivity contribution >= 4 is 28.7 Å². The van der Waals surface area contributed by atoms with Crippen LogP contribution >= 0.6 is 11.8 Å². The van der Waals surface area contributed by atoms with Crippen molar-refractivity contribution in [2.45, 2.75) is 56.0 Å². The molecule has 0 N–H and O–H groups in total. The maximum absolute atomic E-state index is 12.9. The fraction of sp³-hybridized carbons (Fsp3) is 0.556. The number of piperidine rings is 1. The van der Waals surface area contributed by atoms with E-state index in [1.165, 1.54) is 6.42 Å². The summed E-state index contributed by atoms with van der Waals surface area (Å²) in [5.74, 6) is 0.258. The number of thioether (sulfide) groups is 1. The van der Waals surface area contributed by atoms with Crippen molar-refractivity contribution in [3.63, 3.8) is 0 Å². The van der Waals surface area contributed by atoms with Gasteiger partial charge in [-0.1, -0.05) is 30.8 Å². The molecule has 0 radical (unpaired) electrons. The van der Waals surface area contributed by atoms with Crippen LogP contribution < -0.4 is 0 Å². The molecule has 1 aromatic carbocycles. The second-order valence-electron chi connectivity index (χ2n) is 6.29. The van der Waals surface area contributed by atoms with Crippen LogP contribution in [-0.4, -0.2) is 38.2 Å². The van der Waals surface area contributed by atoms with E-state index in [-0.39, 0.29) is 11.2 Å². The number of likely N-dealkylation sites (tertiary alicyclic amines) is 1. The molecule has 5 heteroatoms. The van der Waals surface area contributed by atoms with Gasteiger partial charge in [-0.25, -0.2) is 4.98 Å². The fourth-order valence-corrected chi connectivity index (χ4v) is 4.35. The van der Waals surface area contributed by atoms with Crippen molar-refractivity contribution in [1.29, 1.82) is 0 Å². The Morgan fingerprint density at radius 3 is 2.91 bits per heavy atom. The van der Waals surface area contributed by atoms with Gasteiger partial charge in [0.15, 0.2) is 5.16 Å². The molecule has 1 amide bonds. The number of aryl methyl sites for hydroxylation is 1. The highest BCUT2D eigenvalue weighted by Gasteiger charge is 2.29. The van der Waals surface area contributed by atoms with Gasteiger partial charge in [-0.3, -0.25) is 4.79 Å². The van der Waals surface area contributed by atoms with Crippen LogP contribution in [0.15, 0.2) is 29.4 Å². The van der Waals surface area contributed by atoms with Crippen LogP contribution in [0.1, 0.15) is 39.5 Å². The molecule has 124 valence electrons. The number of carbonyl (C=O) groups is 1. The average molecular weight is 331 g/mol. The molecule has 1 aliphatic heterocycles. The molecule has 2 aromatic rings. The second-order valence-corrected chi connectivity index (χ2v) is 7.60. The van der Waals surface area contributed by atoms with Crippen molar-refractivity contribution in [2.24, 2.45) is 7.05 Å². The van der Waals surface area contributed by atoms with E-state index in [1.807, 2.05) is 32.2 Å². The van der Waals surface area contributed by atoms with E-state index in [0.717, 1.165) is 42.0 Å². The van der Waals surface area contributed by atoms with Gasteiger partial charge in [0.05, 0.1) is 16.3 Å². The van der Waals surface area contributed by atoms with E-state index in [2.05, 4.69) is 27.4 Å². The van der Waals surface area contributed by atoms with Crippen molar-refractivity contribution in [3.8, 4) is 0 Å². The molecular formula is C18H25N3OS. The SMILES string of the molecule is CC[C@@H]1CCCCN1C(=O)[C@H](C)Sc1nc2ccccc2n1C. The Hall–Kier alpha value is -1.49. The highest BCUT2D eigenvalue weighted by molar-refractivity contribution is 8.00. The number of rotatable bonds is 4. The quantitative estimate of drug-likeness (QED) is 0.799. The third-order valence-electron chi connectivity index (χ3n) is 4.76. The summed E-state index contributed by atoms with van der Waals surface area (Å²) < 4.78 is 2.08. The predicted octanol–water partition coefficient (Wildman–Crippen LogP) is 3.85. The lowest BCUT2D eigenvalue weighted by atomic mass is 10.00. The van der Waals surface area contributed by atoms with Crippen LogP contribution in [0.4, 0.5) is 0 Å². The first-order chi connectivity index (χ1) is 11.1. The Labute approximate surface area is 142 Å².